The van der Waals surface area contributed by atoms with Gasteiger partial charge in [-0.15, -0.1) is 0 Å². The normalized spacial score (nSPS) is 23.1. The molecule has 3 rings (SSSR count). The van der Waals surface area contributed by atoms with Gasteiger partial charge in [-0.1, -0.05) is 15.9 Å². The Morgan fingerprint density at radius 3 is 2.22 bits per heavy atom. The van der Waals surface area contributed by atoms with Crippen LogP contribution < -0.4 is 4.90 Å². The van der Waals surface area contributed by atoms with E-state index in [2.05, 4.69) is 56.9 Å². The first kappa shape index (κ1) is 12.5. The molecule has 1 aliphatic carbocycles. The second-order valence-corrected chi connectivity index (χ2v) is 6.49. The van der Waals surface area contributed by atoms with E-state index in [4.69, 9.17) is 0 Å². The summed E-state index contributed by atoms with van der Waals surface area (Å²) in [4.78, 5) is 5.18. The Bertz CT molecular complexity index is 391. The molecule has 0 aromatic heterocycles. The number of hydrogen-bond acceptors (Lipinski definition) is 2. The maximum Gasteiger partial charge on any atom is 0.0367 e. The van der Waals surface area contributed by atoms with E-state index in [-0.39, 0.29) is 0 Å². The van der Waals surface area contributed by atoms with Gasteiger partial charge < -0.3 is 4.90 Å². The largest absolute Gasteiger partial charge is 0.369 e. The third-order valence-electron chi connectivity index (χ3n) is 4.39. The predicted molar refractivity (Wildman–Crippen MR) is 80.1 cm³/mol. The van der Waals surface area contributed by atoms with Gasteiger partial charge in [0, 0.05) is 42.4 Å². The fourth-order valence-electron chi connectivity index (χ4n) is 2.92. The Labute approximate surface area is 118 Å². The molecule has 1 aromatic carbocycles. The molecule has 1 aromatic rings. The van der Waals surface area contributed by atoms with Gasteiger partial charge >= 0.3 is 0 Å². The number of benzene rings is 1. The molecule has 2 aliphatic rings. The van der Waals surface area contributed by atoms with Crippen molar-refractivity contribution in [3.8, 4) is 0 Å². The van der Waals surface area contributed by atoms with Crippen LogP contribution in [-0.2, 0) is 0 Å². The van der Waals surface area contributed by atoms with Crippen LogP contribution in [0.4, 0.5) is 5.69 Å². The van der Waals surface area contributed by atoms with Gasteiger partial charge in [0.2, 0.25) is 0 Å². The van der Waals surface area contributed by atoms with Crippen LogP contribution in [0.1, 0.15) is 19.8 Å². The van der Waals surface area contributed by atoms with E-state index < -0.39 is 0 Å². The maximum absolute atomic E-state index is 3.49. The van der Waals surface area contributed by atoms with E-state index in [1.165, 1.54) is 44.7 Å². The summed E-state index contributed by atoms with van der Waals surface area (Å²) in [6, 6.07) is 9.49. The molecule has 1 aliphatic heterocycles. The third-order valence-corrected chi connectivity index (χ3v) is 4.91. The molecule has 0 radical (unpaired) electrons. The molecule has 98 valence electrons. The van der Waals surface area contributed by atoms with E-state index >= 15 is 0 Å². The molecule has 18 heavy (non-hydrogen) atoms. The zero-order valence-electron chi connectivity index (χ0n) is 11.0. The molecule has 3 heteroatoms. The lowest BCUT2D eigenvalue weighted by molar-refractivity contribution is 0.179. The molecule has 1 atom stereocenters. The lowest BCUT2D eigenvalue weighted by Crippen LogP contribution is -2.50. The first-order valence-electron chi connectivity index (χ1n) is 6.98. The summed E-state index contributed by atoms with van der Waals surface area (Å²) in [7, 11) is 0. The minimum atomic E-state index is 0.803. The average molecular weight is 309 g/mol. The fourth-order valence-corrected chi connectivity index (χ4v) is 3.18. The molecular weight excluding hydrogens is 288 g/mol. The number of piperazine rings is 1. The van der Waals surface area contributed by atoms with Gasteiger partial charge in [-0.2, -0.15) is 0 Å². The summed E-state index contributed by atoms with van der Waals surface area (Å²) in [5.41, 5.74) is 1.36. The van der Waals surface area contributed by atoms with Crippen LogP contribution in [0.15, 0.2) is 28.7 Å². The van der Waals surface area contributed by atoms with Crippen LogP contribution in [-0.4, -0.2) is 37.1 Å². The van der Waals surface area contributed by atoms with Gasteiger partial charge in [0.15, 0.2) is 0 Å². The van der Waals surface area contributed by atoms with Crippen molar-refractivity contribution in [1.29, 1.82) is 0 Å². The maximum atomic E-state index is 3.49. The summed E-state index contributed by atoms with van der Waals surface area (Å²) in [6.07, 6.45) is 2.90. The van der Waals surface area contributed by atoms with Gasteiger partial charge in [-0.3, -0.25) is 4.90 Å². The monoisotopic (exact) mass is 308 g/mol. The average Bonchev–Trinajstić information content (AvgIpc) is 3.23. The van der Waals surface area contributed by atoms with Gasteiger partial charge in [-0.25, -0.2) is 0 Å². The quantitative estimate of drug-likeness (QED) is 0.845. The summed E-state index contributed by atoms with van der Waals surface area (Å²) < 4.78 is 1.16. The fraction of sp³-hybridized carbons (Fsp3) is 0.600. The van der Waals surface area contributed by atoms with E-state index in [9.17, 15) is 0 Å². The standard InChI is InChI=1S/C15H21BrN2/c1-12(13-2-3-13)17-8-10-18(11-9-17)15-6-4-14(16)5-7-15/h4-7,12-13H,2-3,8-11H2,1H3. The Morgan fingerprint density at radius 2 is 1.67 bits per heavy atom. The van der Waals surface area contributed by atoms with E-state index in [1.807, 2.05) is 0 Å². The molecular formula is C15H21BrN2. The predicted octanol–water partition coefficient (Wildman–Crippen LogP) is 3.37. The summed E-state index contributed by atoms with van der Waals surface area (Å²) in [5.74, 6) is 0.990. The van der Waals surface area contributed by atoms with Crippen molar-refractivity contribution in [2.45, 2.75) is 25.8 Å². The number of halogens is 1. The highest BCUT2D eigenvalue weighted by atomic mass is 79.9. The van der Waals surface area contributed by atoms with Crippen molar-refractivity contribution < 1.29 is 0 Å². The van der Waals surface area contributed by atoms with Crippen molar-refractivity contribution >= 4 is 21.6 Å². The molecule has 0 bridgehead atoms. The molecule has 0 N–H and O–H groups in total. The summed E-state index contributed by atoms with van der Waals surface area (Å²) in [6.45, 7) is 7.17. The Balaban J connectivity index is 1.57. The third kappa shape index (κ3) is 2.72. The molecule has 1 saturated heterocycles. The second kappa shape index (κ2) is 5.22. The topological polar surface area (TPSA) is 6.48 Å². The van der Waals surface area contributed by atoms with Crippen molar-refractivity contribution in [3.63, 3.8) is 0 Å². The molecule has 2 fully saturated rings. The zero-order chi connectivity index (χ0) is 12.5. The molecule has 0 spiro atoms. The van der Waals surface area contributed by atoms with Gasteiger partial charge in [0.05, 0.1) is 0 Å². The highest BCUT2D eigenvalue weighted by Crippen LogP contribution is 2.35. The van der Waals surface area contributed by atoms with E-state index in [0.717, 1.165) is 16.4 Å². The van der Waals surface area contributed by atoms with Gasteiger partial charge in [-0.05, 0) is 49.9 Å². The van der Waals surface area contributed by atoms with Crippen LogP contribution >= 0.6 is 15.9 Å². The van der Waals surface area contributed by atoms with Crippen molar-refractivity contribution in [2.75, 3.05) is 31.1 Å². The Morgan fingerprint density at radius 1 is 1.06 bits per heavy atom. The van der Waals surface area contributed by atoms with Crippen LogP contribution in [0.2, 0.25) is 0 Å². The summed E-state index contributed by atoms with van der Waals surface area (Å²) in [5, 5.41) is 0. The first-order valence-corrected chi connectivity index (χ1v) is 7.78. The van der Waals surface area contributed by atoms with Crippen LogP contribution in [0.5, 0.6) is 0 Å². The van der Waals surface area contributed by atoms with Crippen LogP contribution in [0, 0.1) is 5.92 Å². The minimum Gasteiger partial charge on any atom is -0.369 e. The molecule has 1 unspecified atom stereocenters. The highest BCUT2D eigenvalue weighted by molar-refractivity contribution is 9.10. The first-order chi connectivity index (χ1) is 8.74. The molecule has 2 nitrogen and oxygen atoms in total. The summed E-state index contributed by atoms with van der Waals surface area (Å²) >= 11 is 3.49. The number of nitrogens with zero attached hydrogens (tertiary/aromatic N) is 2. The Kier molecular flexibility index (Phi) is 3.62. The van der Waals surface area contributed by atoms with Crippen molar-refractivity contribution in [3.05, 3.63) is 28.7 Å². The number of hydrogen-bond donors (Lipinski definition) is 0. The zero-order valence-corrected chi connectivity index (χ0v) is 12.6. The smallest absolute Gasteiger partial charge is 0.0367 e. The molecule has 1 saturated carbocycles. The SMILES string of the molecule is CC(C1CC1)N1CCN(c2ccc(Br)cc2)CC1. The molecule has 0 amide bonds. The van der Waals surface area contributed by atoms with Gasteiger partial charge in [0.25, 0.3) is 0 Å². The van der Waals surface area contributed by atoms with Crippen molar-refractivity contribution in [2.24, 2.45) is 5.92 Å². The van der Waals surface area contributed by atoms with Crippen molar-refractivity contribution in [1.82, 2.24) is 4.90 Å². The minimum absolute atomic E-state index is 0.803. The van der Waals surface area contributed by atoms with E-state index in [0.29, 0.717) is 0 Å². The lowest BCUT2D eigenvalue weighted by Gasteiger charge is -2.39. The molecule has 1 heterocycles. The highest BCUT2D eigenvalue weighted by Gasteiger charge is 2.33. The second-order valence-electron chi connectivity index (χ2n) is 5.58. The van der Waals surface area contributed by atoms with Gasteiger partial charge in [0.1, 0.15) is 0 Å². The number of rotatable bonds is 3. The van der Waals surface area contributed by atoms with Crippen LogP contribution in [0.25, 0.3) is 0 Å². The lowest BCUT2D eigenvalue weighted by atomic mass is 10.1. The Hall–Kier alpha value is -0.540. The number of anilines is 1. The van der Waals surface area contributed by atoms with E-state index in [1.54, 1.807) is 0 Å². The van der Waals surface area contributed by atoms with Crippen LogP contribution in [0.3, 0.4) is 0 Å².